The first-order valence-corrected chi connectivity index (χ1v) is 8.62. The first-order valence-electron chi connectivity index (χ1n) is 8.24. The van der Waals surface area contributed by atoms with Crippen molar-refractivity contribution in [2.75, 3.05) is 7.05 Å². The normalized spacial score (nSPS) is 11.0. The van der Waals surface area contributed by atoms with Gasteiger partial charge in [0.05, 0.1) is 16.9 Å². The molecule has 26 heavy (non-hydrogen) atoms. The summed E-state index contributed by atoms with van der Waals surface area (Å²) in [5.41, 5.74) is 3.18. The predicted molar refractivity (Wildman–Crippen MR) is 103 cm³/mol. The summed E-state index contributed by atoms with van der Waals surface area (Å²) in [5.74, 6) is -0.154. The van der Waals surface area contributed by atoms with Crippen molar-refractivity contribution >= 4 is 28.4 Å². The lowest BCUT2D eigenvalue weighted by atomic mass is 10.2. The van der Waals surface area contributed by atoms with Crippen LogP contribution in [-0.2, 0) is 6.54 Å². The van der Waals surface area contributed by atoms with Gasteiger partial charge in [-0.2, -0.15) is 5.10 Å². The van der Waals surface area contributed by atoms with Crippen LogP contribution in [-0.4, -0.2) is 32.6 Å². The number of halogens is 1. The van der Waals surface area contributed by atoms with Crippen LogP contribution in [0.3, 0.4) is 0 Å². The Balaban J connectivity index is 1.54. The molecule has 0 fully saturated rings. The highest BCUT2D eigenvalue weighted by molar-refractivity contribution is 6.38. The van der Waals surface area contributed by atoms with Crippen LogP contribution in [0.1, 0.15) is 16.1 Å². The molecule has 0 unspecified atom stereocenters. The molecule has 2 heterocycles. The quantitative estimate of drug-likeness (QED) is 0.587. The van der Waals surface area contributed by atoms with Crippen LogP contribution in [0.2, 0.25) is 5.02 Å². The van der Waals surface area contributed by atoms with Gasteiger partial charge >= 0.3 is 0 Å². The fraction of sp³-hybridized carbons (Fsp3) is 0.100. The number of hydrogen-bond acceptors (Lipinski definition) is 2. The summed E-state index contributed by atoms with van der Waals surface area (Å²) >= 11 is 6.39. The van der Waals surface area contributed by atoms with Crippen LogP contribution in [0.5, 0.6) is 0 Å². The van der Waals surface area contributed by atoms with Gasteiger partial charge < -0.3 is 9.88 Å². The van der Waals surface area contributed by atoms with Gasteiger partial charge in [-0.05, 0) is 18.2 Å². The number of aromatic nitrogens is 3. The number of rotatable bonds is 4. The summed E-state index contributed by atoms with van der Waals surface area (Å²) in [4.78, 5) is 17.5. The van der Waals surface area contributed by atoms with E-state index in [1.165, 1.54) is 0 Å². The minimum absolute atomic E-state index is 0.154. The summed E-state index contributed by atoms with van der Waals surface area (Å²) in [6.07, 6.45) is 3.69. The first-order chi connectivity index (χ1) is 12.6. The minimum Gasteiger partial charge on any atom is -0.349 e. The molecule has 4 aromatic rings. The Morgan fingerprint density at radius 1 is 1.15 bits per heavy atom. The highest BCUT2D eigenvalue weighted by atomic mass is 35.5. The van der Waals surface area contributed by atoms with Crippen LogP contribution in [0.15, 0.2) is 67.0 Å². The van der Waals surface area contributed by atoms with Crippen LogP contribution in [0, 0.1) is 0 Å². The Labute approximate surface area is 155 Å². The Bertz CT molecular complexity index is 1070. The van der Waals surface area contributed by atoms with E-state index in [2.05, 4.69) is 10.1 Å². The number of benzene rings is 2. The van der Waals surface area contributed by atoms with E-state index < -0.39 is 0 Å². The number of hydrogen-bond donors (Lipinski definition) is 1. The van der Waals surface area contributed by atoms with Crippen LogP contribution in [0.4, 0.5) is 0 Å². The van der Waals surface area contributed by atoms with Crippen molar-refractivity contribution in [1.29, 1.82) is 0 Å². The van der Waals surface area contributed by atoms with Gasteiger partial charge in [0.2, 0.25) is 0 Å². The zero-order valence-corrected chi connectivity index (χ0v) is 14.9. The molecule has 2 aromatic heterocycles. The van der Waals surface area contributed by atoms with Crippen molar-refractivity contribution in [3.63, 3.8) is 0 Å². The van der Waals surface area contributed by atoms with E-state index in [1.807, 2.05) is 60.8 Å². The number of nitrogens with zero attached hydrogens (tertiary/aromatic N) is 3. The van der Waals surface area contributed by atoms with E-state index in [-0.39, 0.29) is 5.91 Å². The predicted octanol–water partition coefficient (Wildman–Crippen LogP) is 4.28. The van der Waals surface area contributed by atoms with Gasteiger partial charge in [0.1, 0.15) is 5.69 Å². The zero-order chi connectivity index (χ0) is 18.1. The van der Waals surface area contributed by atoms with Crippen molar-refractivity contribution in [3.05, 3.63) is 83.3 Å². The van der Waals surface area contributed by atoms with Gasteiger partial charge in [-0.1, -0.05) is 48.0 Å². The molecule has 0 bridgehead atoms. The average Bonchev–Trinajstić information content (AvgIpc) is 3.27. The summed E-state index contributed by atoms with van der Waals surface area (Å²) in [5, 5.41) is 5.67. The number of H-pyrrole nitrogens is 1. The molecule has 130 valence electrons. The van der Waals surface area contributed by atoms with Crippen molar-refractivity contribution in [1.82, 2.24) is 19.7 Å². The SMILES string of the molecule is CN(Cc1cnn(-c2ccccc2)c1)C(=O)c1[nH]c2ccccc2c1Cl. The fourth-order valence-electron chi connectivity index (χ4n) is 2.96. The van der Waals surface area contributed by atoms with E-state index >= 15 is 0 Å². The molecule has 1 amide bonds. The molecule has 4 rings (SSSR count). The highest BCUT2D eigenvalue weighted by Gasteiger charge is 2.20. The van der Waals surface area contributed by atoms with Gasteiger partial charge in [-0.3, -0.25) is 4.79 Å². The smallest absolute Gasteiger partial charge is 0.271 e. The summed E-state index contributed by atoms with van der Waals surface area (Å²) in [6, 6.07) is 17.5. The minimum atomic E-state index is -0.154. The largest absolute Gasteiger partial charge is 0.349 e. The fourth-order valence-corrected chi connectivity index (χ4v) is 3.25. The van der Waals surface area contributed by atoms with E-state index in [9.17, 15) is 4.79 Å². The number of carbonyl (C=O) groups is 1. The molecule has 0 radical (unpaired) electrons. The molecular weight excluding hydrogens is 348 g/mol. The van der Waals surface area contributed by atoms with E-state index in [4.69, 9.17) is 11.6 Å². The molecule has 0 saturated heterocycles. The Morgan fingerprint density at radius 3 is 2.65 bits per heavy atom. The third-order valence-corrected chi connectivity index (χ3v) is 4.67. The molecule has 0 spiro atoms. The van der Waals surface area contributed by atoms with Gasteiger partial charge in [-0.25, -0.2) is 4.68 Å². The number of amides is 1. The van der Waals surface area contributed by atoms with Gasteiger partial charge in [-0.15, -0.1) is 0 Å². The summed E-state index contributed by atoms with van der Waals surface area (Å²) in [6.45, 7) is 0.442. The number of fused-ring (bicyclic) bond motifs is 1. The van der Waals surface area contributed by atoms with Crippen LogP contribution in [0.25, 0.3) is 16.6 Å². The number of carbonyl (C=O) groups excluding carboxylic acids is 1. The number of aromatic amines is 1. The lowest BCUT2D eigenvalue weighted by molar-refractivity contribution is 0.0780. The molecule has 1 N–H and O–H groups in total. The first kappa shape index (κ1) is 16.4. The number of nitrogens with one attached hydrogen (secondary N) is 1. The molecule has 0 aliphatic rings. The molecule has 0 saturated carbocycles. The third kappa shape index (κ3) is 2.97. The third-order valence-electron chi connectivity index (χ3n) is 4.28. The second-order valence-corrected chi connectivity index (χ2v) is 6.53. The van der Waals surface area contributed by atoms with Gasteiger partial charge in [0, 0.05) is 36.3 Å². The van der Waals surface area contributed by atoms with Gasteiger partial charge in [0.15, 0.2) is 0 Å². The molecule has 2 aromatic carbocycles. The zero-order valence-electron chi connectivity index (χ0n) is 14.2. The molecule has 6 heteroatoms. The van der Waals surface area contributed by atoms with Crippen molar-refractivity contribution in [3.8, 4) is 5.69 Å². The lowest BCUT2D eigenvalue weighted by Crippen LogP contribution is -2.26. The second kappa shape index (κ2) is 6.69. The molecule has 0 aliphatic carbocycles. The topological polar surface area (TPSA) is 53.9 Å². The van der Waals surface area contributed by atoms with Crippen molar-refractivity contribution in [2.45, 2.75) is 6.54 Å². The number of para-hydroxylation sites is 2. The monoisotopic (exact) mass is 364 g/mol. The maximum absolute atomic E-state index is 12.8. The Kier molecular flexibility index (Phi) is 4.22. The summed E-state index contributed by atoms with van der Waals surface area (Å²) < 4.78 is 1.80. The van der Waals surface area contributed by atoms with E-state index in [0.717, 1.165) is 22.2 Å². The standard InChI is InChI=1S/C20H17ClN4O/c1-24(12-14-11-22-25(13-14)15-7-3-2-4-8-15)20(26)19-18(21)16-9-5-6-10-17(16)23-19/h2-11,13,23H,12H2,1H3. The second-order valence-electron chi connectivity index (χ2n) is 6.15. The molecule has 0 aliphatic heterocycles. The average molecular weight is 365 g/mol. The maximum Gasteiger partial charge on any atom is 0.271 e. The van der Waals surface area contributed by atoms with Crippen LogP contribution >= 0.6 is 11.6 Å². The van der Waals surface area contributed by atoms with Crippen molar-refractivity contribution < 1.29 is 4.79 Å². The molecule has 0 atom stereocenters. The Morgan fingerprint density at radius 2 is 1.88 bits per heavy atom. The molecular formula is C20H17ClN4O. The van der Waals surface area contributed by atoms with Crippen molar-refractivity contribution in [2.24, 2.45) is 0 Å². The maximum atomic E-state index is 12.8. The summed E-state index contributed by atoms with van der Waals surface area (Å²) in [7, 11) is 1.75. The highest BCUT2D eigenvalue weighted by Crippen LogP contribution is 2.28. The van der Waals surface area contributed by atoms with Gasteiger partial charge in [0.25, 0.3) is 5.91 Å². The molecule has 5 nitrogen and oxygen atoms in total. The Hall–Kier alpha value is -3.05. The lowest BCUT2D eigenvalue weighted by Gasteiger charge is -2.15. The van der Waals surface area contributed by atoms with E-state index in [0.29, 0.717) is 17.3 Å². The van der Waals surface area contributed by atoms with E-state index in [1.54, 1.807) is 22.8 Å². The van der Waals surface area contributed by atoms with Crippen LogP contribution < -0.4 is 0 Å².